The highest BCUT2D eigenvalue weighted by atomic mass is 16.6. The molecule has 0 amide bonds. The van der Waals surface area contributed by atoms with Crippen LogP contribution in [0.5, 0.6) is 11.5 Å². The predicted molar refractivity (Wildman–Crippen MR) is 143 cm³/mol. The Hall–Kier alpha value is -2.56. The van der Waals surface area contributed by atoms with E-state index < -0.39 is 0 Å². The first kappa shape index (κ1) is 23.8. The van der Waals surface area contributed by atoms with E-state index in [9.17, 15) is 0 Å². The molecule has 2 heterocycles. The van der Waals surface area contributed by atoms with Crippen molar-refractivity contribution in [1.82, 2.24) is 0 Å². The van der Waals surface area contributed by atoms with Gasteiger partial charge in [0, 0.05) is 5.92 Å². The molecule has 2 aliphatic carbocycles. The smallest absolute Gasteiger partial charge is 0.122 e. The van der Waals surface area contributed by atoms with E-state index in [2.05, 4.69) is 60.7 Å². The van der Waals surface area contributed by atoms with Crippen molar-refractivity contribution in [3.8, 4) is 11.5 Å². The number of epoxide rings is 2. The van der Waals surface area contributed by atoms with E-state index in [4.69, 9.17) is 18.9 Å². The topological polar surface area (TPSA) is 43.5 Å². The molecule has 0 bridgehead atoms. The first-order chi connectivity index (χ1) is 17.8. The van der Waals surface area contributed by atoms with Gasteiger partial charge in [0.05, 0.1) is 13.2 Å². The van der Waals surface area contributed by atoms with Gasteiger partial charge in [-0.1, -0.05) is 68.5 Å². The molecule has 4 nitrogen and oxygen atoms in total. The largest absolute Gasteiger partial charge is 0.491 e. The molecule has 0 aromatic heterocycles. The second kappa shape index (κ2) is 11.2. The van der Waals surface area contributed by atoms with Gasteiger partial charge < -0.3 is 18.9 Å². The van der Waals surface area contributed by atoms with Crippen molar-refractivity contribution < 1.29 is 18.9 Å². The highest BCUT2D eigenvalue weighted by Crippen LogP contribution is 2.39. The van der Waals surface area contributed by atoms with Gasteiger partial charge in [-0.15, -0.1) is 0 Å². The molecule has 1 saturated carbocycles. The van der Waals surface area contributed by atoms with Crippen molar-refractivity contribution in [3.63, 3.8) is 0 Å². The standard InChI is InChI=1S/C32H38O4/c1-2-4-6-26(7-5-3-1)31-18-27(14-17-32(31)36-22-30-21-35-30)25-10-8-23(9-11-25)24-12-15-28(16-13-24)33-19-29-20-34-29/h8,10-18,23,26,29-30H,1-7,9,19-22H2. The molecular formula is C32H38O4. The van der Waals surface area contributed by atoms with E-state index in [1.165, 1.54) is 67.2 Å². The van der Waals surface area contributed by atoms with Crippen LogP contribution in [0.25, 0.3) is 5.57 Å². The summed E-state index contributed by atoms with van der Waals surface area (Å²) in [4.78, 5) is 0. The minimum absolute atomic E-state index is 0.281. The third kappa shape index (κ3) is 6.22. The van der Waals surface area contributed by atoms with Gasteiger partial charge in [-0.25, -0.2) is 0 Å². The molecule has 6 rings (SSSR count). The Labute approximate surface area is 215 Å². The Bertz CT molecular complexity index is 1070. The lowest BCUT2D eigenvalue weighted by Gasteiger charge is -2.24. The van der Waals surface area contributed by atoms with Crippen LogP contribution in [0.3, 0.4) is 0 Å². The highest BCUT2D eigenvalue weighted by Gasteiger charge is 2.25. The molecule has 36 heavy (non-hydrogen) atoms. The molecule has 2 aromatic rings. The summed E-state index contributed by atoms with van der Waals surface area (Å²) in [5, 5.41) is 0. The van der Waals surface area contributed by atoms with Crippen molar-refractivity contribution >= 4 is 5.57 Å². The Morgan fingerprint density at radius 3 is 2.14 bits per heavy atom. The maximum Gasteiger partial charge on any atom is 0.122 e. The minimum Gasteiger partial charge on any atom is -0.491 e. The van der Waals surface area contributed by atoms with Gasteiger partial charge in [-0.3, -0.25) is 0 Å². The molecule has 2 saturated heterocycles. The van der Waals surface area contributed by atoms with E-state index in [0.29, 0.717) is 25.0 Å². The Kier molecular flexibility index (Phi) is 7.43. The molecule has 0 spiro atoms. The summed E-state index contributed by atoms with van der Waals surface area (Å²) in [5.74, 6) is 2.98. The molecule has 0 N–H and O–H groups in total. The average molecular weight is 487 g/mol. The van der Waals surface area contributed by atoms with Gasteiger partial charge in [0.2, 0.25) is 0 Å². The first-order valence-corrected chi connectivity index (χ1v) is 13.9. The summed E-state index contributed by atoms with van der Waals surface area (Å²) in [6.07, 6.45) is 17.9. The number of hydrogen-bond donors (Lipinski definition) is 0. The highest BCUT2D eigenvalue weighted by molar-refractivity contribution is 5.76. The van der Waals surface area contributed by atoms with Crippen LogP contribution in [-0.4, -0.2) is 38.6 Å². The second-order valence-corrected chi connectivity index (χ2v) is 10.8. The molecule has 2 aromatic carbocycles. The van der Waals surface area contributed by atoms with Gasteiger partial charge in [0.25, 0.3) is 0 Å². The Morgan fingerprint density at radius 1 is 0.778 bits per heavy atom. The SMILES string of the molecule is C1=CC(c2ccc(OCC3CO3)cc2)CC=C1c1ccc(OCC2CO2)c(C2CCCCCCC2)c1. The number of rotatable bonds is 9. The zero-order chi connectivity index (χ0) is 24.2. The maximum absolute atomic E-state index is 6.27. The number of hydrogen-bond acceptors (Lipinski definition) is 4. The fourth-order valence-electron chi connectivity index (χ4n) is 5.54. The molecule has 0 radical (unpaired) electrons. The lowest BCUT2D eigenvalue weighted by atomic mass is 9.83. The molecule has 4 heteroatoms. The Morgan fingerprint density at radius 2 is 1.47 bits per heavy atom. The van der Waals surface area contributed by atoms with Crippen molar-refractivity contribution in [2.75, 3.05) is 26.4 Å². The predicted octanol–water partition coefficient (Wildman–Crippen LogP) is 7.20. The van der Waals surface area contributed by atoms with Crippen molar-refractivity contribution in [2.45, 2.75) is 75.4 Å². The molecule has 3 fully saturated rings. The van der Waals surface area contributed by atoms with Crippen LogP contribution >= 0.6 is 0 Å². The van der Waals surface area contributed by atoms with Crippen LogP contribution in [0, 0.1) is 0 Å². The third-order valence-corrected chi connectivity index (χ3v) is 7.96. The van der Waals surface area contributed by atoms with Crippen molar-refractivity contribution in [3.05, 3.63) is 77.4 Å². The van der Waals surface area contributed by atoms with Gasteiger partial charge in [0.15, 0.2) is 0 Å². The van der Waals surface area contributed by atoms with Gasteiger partial charge in [0.1, 0.15) is 36.9 Å². The zero-order valence-corrected chi connectivity index (χ0v) is 21.2. The van der Waals surface area contributed by atoms with Gasteiger partial charge in [-0.05, 0) is 71.7 Å². The molecule has 2 aliphatic heterocycles. The summed E-state index contributed by atoms with van der Waals surface area (Å²) in [5.41, 5.74) is 5.36. The van der Waals surface area contributed by atoms with Crippen LogP contribution in [0.15, 0.2) is 60.7 Å². The lowest BCUT2D eigenvalue weighted by molar-refractivity contribution is 0.259. The second-order valence-electron chi connectivity index (χ2n) is 10.8. The number of ether oxygens (including phenoxy) is 4. The summed E-state index contributed by atoms with van der Waals surface area (Å²) in [6.45, 7) is 2.98. The first-order valence-electron chi connectivity index (χ1n) is 13.9. The van der Waals surface area contributed by atoms with Crippen molar-refractivity contribution in [1.29, 1.82) is 0 Å². The molecule has 4 aliphatic rings. The van der Waals surface area contributed by atoms with E-state index >= 15 is 0 Å². The van der Waals surface area contributed by atoms with Crippen LogP contribution in [0.1, 0.15) is 79.9 Å². The van der Waals surface area contributed by atoms with E-state index in [0.717, 1.165) is 31.1 Å². The van der Waals surface area contributed by atoms with E-state index in [1.807, 2.05) is 0 Å². The quantitative estimate of drug-likeness (QED) is 0.352. The number of benzene rings is 2. The van der Waals surface area contributed by atoms with Gasteiger partial charge in [-0.2, -0.15) is 0 Å². The monoisotopic (exact) mass is 486 g/mol. The summed E-state index contributed by atoms with van der Waals surface area (Å²) >= 11 is 0. The Balaban J connectivity index is 1.15. The maximum atomic E-state index is 6.27. The summed E-state index contributed by atoms with van der Waals surface area (Å²) in [6, 6.07) is 15.4. The van der Waals surface area contributed by atoms with E-state index in [1.54, 1.807) is 0 Å². The van der Waals surface area contributed by atoms with Gasteiger partial charge >= 0.3 is 0 Å². The van der Waals surface area contributed by atoms with E-state index in [-0.39, 0.29) is 12.2 Å². The van der Waals surface area contributed by atoms with Crippen molar-refractivity contribution in [2.24, 2.45) is 0 Å². The fraction of sp³-hybridized carbons (Fsp3) is 0.500. The third-order valence-electron chi connectivity index (χ3n) is 7.96. The molecular weight excluding hydrogens is 448 g/mol. The molecule has 3 unspecified atom stereocenters. The summed E-state index contributed by atoms with van der Waals surface area (Å²) < 4.78 is 22.7. The average Bonchev–Trinajstić information content (AvgIpc) is 3.82. The lowest BCUT2D eigenvalue weighted by Crippen LogP contribution is -2.10. The van der Waals surface area contributed by atoms with Crippen LogP contribution in [0.4, 0.5) is 0 Å². The summed E-state index contributed by atoms with van der Waals surface area (Å²) in [7, 11) is 0. The van der Waals surface area contributed by atoms with Crippen LogP contribution in [0.2, 0.25) is 0 Å². The van der Waals surface area contributed by atoms with Crippen LogP contribution in [-0.2, 0) is 9.47 Å². The molecule has 190 valence electrons. The van der Waals surface area contributed by atoms with Crippen LogP contribution < -0.4 is 9.47 Å². The zero-order valence-electron chi connectivity index (χ0n) is 21.2. The minimum atomic E-state index is 0.281. The molecule has 3 atom stereocenters. The fourth-order valence-corrected chi connectivity index (χ4v) is 5.54. The number of allylic oxidation sites excluding steroid dienone is 4. The normalized spacial score (nSPS) is 26.0.